The molecule has 0 radical (unpaired) electrons. The second-order valence-corrected chi connectivity index (χ2v) is 5.76. The Morgan fingerprint density at radius 1 is 1.19 bits per heavy atom. The number of amides is 3. The third-order valence-electron chi connectivity index (χ3n) is 2.73. The van der Waals surface area contributed by atoms with E-state index in [1.807, 2.05) is 0 Å². The molecule has 0 saturated heterocycles. The molecule has 2 unspecified atom stereocenters. The molecule has 0 aliphatic heterocycles. The molecule has 0 aliphatic rings. The smallest absolute Gasteiger partial charge is 0.326 e. The normalized spacial score (nSPS) is 14.0. The number of carbonyl (C=O) groups excluding carboxylic acids is 2. The number of methoxy groups -OCH3 is 1. The largest absolute Gasteiger partial charge is 0.480 e. The van der Waals surface area contributed by atoms with Crippen LogP contribution in [0.5, 0.6) is 0 Å². The van der Waals surface area contributed by atoms with Crippen molar-refractivity contribution in [1.82, 2.24) is 16.0 Å². The van der Waals surface area contributed by atoms with Gasteiger partial charge in [0.05, 0.1) is 6.61 Å². The van der Waals surface area contributed by atoms with Gasteiger partial charge in [-0.3, -0.25) is 4.79 Å². The fraction of sp³-hybridized carbons (Fsp3) is 0.769. The standard InChI is InChI=1S/C13H25N3O5/c1-8(10(17)14-6-7-21-5)15-12(20)16-9(11(18)19)13(2,3)4/h8-9H,6-7H2,1-5H3,(H,14,17)(H,18,19)(H2,15,16,20). The Kier molecular flexibility index (Phi) is 7.72. The minimum absolute atomic E-state index is 0.336. The lowest BCUT2D eigenvalue weighted by molar-refractivity contribution is -0.141. The van der Waals surface area contributed by atoms with Crippen molar-refractivity contribution in [2.45, 2.75) is 39.8 Å². The number of carbonyl (C=O) groups is 3. The molecule has 122 valence electrons. The summed E-state index contributed by atoms with van der Waals surface area (Å²) in [5, 5.41) is 16.4. The van der Waals surface area contributed by atoms with E-state index in [9.17, 15) is 14.4 Å². The van der Waals surface area contributed by atoms with E-state index in [2.05, 4.69) is 16.0 Å². The monoisotopic (exact) mass is 303 g/mol. The fourth-order valence-corrected chi connectivity index (χ4v) is 1.51. The summed E-state index contributed by atoms with van der Waals surface area (Å²) in [6.07, 6.45) is 0. The highest BCUT2D eigenvalue weighted by Gasteiger charge is 2.33. The van der Waals surface area contributed by atoms with Gasteiger partial charge in [-0.15, -0.1) is 0 Å². The average molecular weight is 303 g/mol. The van der Waals surface area contributed by atoms with Crippen molar-refractivity contribution >= 4 is 17.9 Å². The first kappa shape index (κ1) is 19.2. The molecule has 0 heterocycles. The topological polar surface area (TPSA) is 117 Å². The molecule has 2 atom stereocenters. The molecule has 0 aliphatic carbocycles. The van der Waals surface area contributed by atoms with E-state index >= 15 is 0 Å². The van der Waals surface area contributed by atoms with Gasteiger partial charge < -0.3 is 25.8 Å². The van der Waals surface area contributed by atoms with Gasteiger partial charge in [-0.1, -0.05) is 20.8 Å². The predicted molar refractivity (Wildman–Crippen MR) is 76.9 cm³/mol. The summed E-state index contributed by atoms with van der Waals surface area (Å²) in [6.45, 7) is 7.32. The van der Waals surface area contributed by atoms with Crippen LogP contribution in [0, 0.1) is 5.41 Å². The van der Waals surface area contributed by atoms with Crippen LogP contribution in [0.2, 0.25) is 0 Å². The molecule has 3 amide bonds. The van der Waals surface area contributed by atoms with Crippen LogP contribution in [0.25, 0.3) is 0 Å². The quantitative estimate of drug-likeness (QED) is 0.491. The van der Waals surface area contributed by atoms with E-state index in [4.69, 9.17) is 9.84 Å². The molecule has 8 nitrogen and oxygen atoms in total. The molecule has 21 heavy (non-hydrogen) atoms. The van der Waals surface area contributed by atoms with Crippen LogP contribution in [0.4, 0.5) is 4.79 Å². The Labute approximate surface area is 124 Å². The Morgan fingerprint density at radius 3 is 2.19 bits per heavy atom. The van der Waals surface area contributed by atoms with Crippen LogP contribution in [0.15, 0.2) is 0 Å². The predicted octanol–water partition coefficient (Wildman–Crippen LogP) is -0.0640. The highest BCUT2D eigenvalue weighted by molar-refractivity contribution is 5.88. The molecule has 0 spiro atoms. The molecular weight excluding hydrogens is 278 g/mol. The Bertz CT molecular complexity index is 378. The molecule has 0 fully saturated rings. The molecule has 0 bridgehead atoms. The summed E-state index contributed by atoms with van der Waals surface area (Å²) in [5.74, 6) is -1.50. The van der Waals surface area contributed by atoms with E-state index < -0.39 is 29.5 Å². The van der Waals surface area contributed by atoms with E-state index in [1.165, 1.54) is 14.0 Å². The lowest BCUT2D eigenvalue weighted by atomic mass is 9.87. The summed E-state index contributed by atoms with van der Waals surface area (Å²) in [7, 11) is 1.51. The van der Waals surface area contributed by atoms with Gasteiger partial charge in [0.1, 0.15) is 12.1 Å². The van der Waals surface area contributed by atoms with Crippen molar-refractivity contribution in [2.75, 3.05) is 20.3 Å². The molecule has 0 saturated carbocycles. The van der Waals surface area contributed by atoms with Crippen LogP contribution in [-0.2, 0) is 14.3 Å². The lowest BCUT2D eigenvalue weighted by Gasteiger charge is -2.28. The van der Waals surface area contributed by atoms with Gasteiger partial charge in [-0.2, -0.15) is 0 Å². The number of urea groups is 1. The molecule has 0 aromatic rings. The minimum atomic E-state index is -1.13. The Hall–Kier alpha value is -1.83. The highest BCUT2D eigenvalue weighted by atomic mass is 16.5. The van der Waals surface area contributed by atoms with Gasteiger partial charge in [0.25, 0.3) is 0 Å². The third-order valence-corrected chi connectivity index (χ3v) is 2.73. The van der Waals surface area contributed by atoms with Gasteiger partial charge in [0.15, 0.2) is 0 Å². The highest BCUT2D eigenvalue weighted by Crippen LogP contribution is 2.19. The summed E-state index contributed by atoms with van der Waals surface area (Å²) in [4.78, 5) is 34.5. The average Bonchev–Trinajstić information content (AvgIpc) is 2.34. The van der Waals surface area contributed by atoms with Gasteiger partial charge in [0, 0.05) is 13.7 Å². The number of carboxylic acids is 1. The second-order valence-electron chi connectivity index (χ2n) is 5.76. The van der Waals surface area contributed by atoms with E-state index in [-0.39, 0.29) is 5.91 Å². The van der Waals surface area contributed by atoms with Crippen LogP contribution in [-0.4, -0.2) is 55.4 Å². The van der Waals surface area contributed by atoms with Gasteiger partial charge >= 0.3 is 12.0 Å². The Morgan fingerprint density at radius 2 is 1.76 bits per heavy atom. The number of carboxylic acid groups (broad SMARTS) is 1. The zero-order valence-corrected chi connectivity index (χ0v) is 13.1. The van der Waals surface area contributed by atoms with Crippen LogP contribution < -0.4 is 16.0 Å². The van der Waals surface area contributed by atoms with E-state index in [0.29, 0.717) is 13.2 Å². The summed E-state index contributed by atoms with van der Waals surface area (Å²) >= 11 is 0. The van der Waals surface area contributed by atoms with Gasteiger partial charge in [-0.05, 0) is 12.3 Å². The zero-order chi connectivity index (χ0) is 16.6. The molecular formula is C13H25N3O5. The molecule has 0 rings (SSSR count). The van der Waals surface area contributed by atoms with Crippen molar-refractivity contribution in [3.05, 3.63) is 0 Å². The SMILES string of the molecule is COCCNC(=O)C(C)NC(=O)NC(C(=O)O)C(C)(C)C. The number of ether oxygens (including phenoxy) is 1. The maximum atomic E-state index is 11.8. The Balaban J connectivity index is 4.41. The first-order valence-electron chi connectivity index (χ1n) is 6.66. The number of aliphatic carboxylic acids is 1. The lowest BCUT2D eigenvalue weighted by Crippen LogP contribution is -2.55. The van der Waals surface area contributed by atoms with Gasteiger partial charge in [0.2, 0.25) is 5.91 Å². The minimum Gasteiger partial charge on any atom is -0.480 e. The summed E-state index contributed by atoms with van der Waals surface area (Å²) < 4.78 is 4.79. The van der Waals surface area contributed by atoms with Crippen molar-refractivity contribution < 1.29 is 24.2 Å². The maximum absolute atomic E-state index is 11.8. The van der Waals surface area contributed by atoms with Crippen LogP contribution in [0.3, 0.4) is 0 Å². The van der Waals surface area contributed by atoms with Crippen LogP contribution >= 0.6 is 0 Å². The molecule has 0 aromatic carbocycles. The first-order chi connectivity index (χ1) is 9.59. The third kappa shape index (κ3) is 7.50. The summed E-state index contributed by atoms with van der Waals surface area (Å²) in [5.41, 5.74) is -0.646. The maximum Gasteiger partial charge on any atom is 0.326 e. The first-order valence-corrected chi connectivity index (χ1v) is 6.66. The zero-order valence-electron chi connectivity index (χ0n) is 13.1. The number of hydrogen-bond donors (Lipinski definition) is 4. The number of nitrogens with one attached hydrogen (secondary N) is 3. The van der Waals surface area contributed by atoms with Crippen LogP contribution in [0.1, 0.15) is 27.7 Å². The second kappa shape index (κ2) is 8.46. The molecule has 0 aromatic heterocycles. The summed E-state index contributed by atoms with van der Waals surface area (Å²) in [6, 6.07) is -2.54. The van der Waals surface area contributed by atoms with Gasteiger partial charge in [-0.25, -0.2) is 9.59 Å². The fourth-order valence-electron chi connectivity index (χ4n) is 1.51. The van der Waals surface area contributed by atoms with Crippen molar-refractivity contribution in [1.29, 1.82) is 0 Å². The van der Waals surface area contributed by atoms with Crippen molar-refractivity contribution in [3.8, 4) is 0 Å². The molecule has 4 N–H and O–H groups in total. The number of rotatable bonds is 7. The van der Waals surface area contributed by atoms with Crippen molar-refractivity contribution in [2.24, 2.45) is 5.41 Å². The molecule has 8 heteroatoms. The van der Waals surface area contributed by atoms with Crippen molar-refractivity contribution in [3.63, 3.8) is 0 Å². The van der Waals surface area contributed by atoms with E-state index in [1.54, 1.807) is 20.8 Å². The number of hydrogen-bond acceptors (Lipinski definition) is 4. The van der Waals surface area contributed by atoms with E-state index in [0.717, 1.165) is 0 Å².